The third-order valence-electron chi connectivity index (χ3n) is 3.35. The lowest BCUT2D eigenvalue weighted by atomic mass is 10.2. The summed E-state index contributed by atoms with van der Waals surface area (Å²) in [5.41, 5.74) is 2.34. The Bertz CT molecular complexity index is 811. The summed E-state index contributed by atoms with van der Waals surface area (Å²) in [6.07, 6.45) is 0.477. The minimum absolute atomic E-state index is 0.355. The van der Waals surface area contributed by atoms with E-state index in [1.54, 1.807) is 16.7 Å². The van der Waals surface area contributed by atoms with Gasteiger partial charge in [-0.05, 0) is 36.8 Å². The zero-order chi connectivity index (χ0) is 15.0. The number of imidazole rings is 1. The van der Waals surface area contributed by atoms with Gasteiger partial charge in [0.1, 0.15) is 17.5 Å². The fourth-order valence-electron chi connectivity index (χ4n) is 2.41. The highest BCUT2D eigenvalue weighted by Gasteiger charge is 2.15. The van der Waals surface area contributed by atoms with Gasteiger partial charge >= 0.3 is 0 Å². The monoisotopic (exact) mass is 306 g/mol. The molecule has 0 bridgehead atoms. The van der Waals surface area contributed by atoms with Crippen molar-refractivity contribution in [2.24, 2.45) is 0 Å². The number of aromatic nitrogens is 2. The highest BCUT2D eigenvalue weighted by atomic mass is 35.5. The smallest absolute Gasteiger partial charge is 0.147 e. The number of alkyl halides is 1. The molecule has 0 amide bonds. The molecule has 21 heavy (non-hydrogen) atoms. The lowest BCUT2D eigenvalue weighted by Crippen LogP contribution is -2.04. The number of hydrogen-bond donors (Lipinski definition) is 0. The van der Waals surface area contributed by atoms with Gasteiger partial charge in [0.15, 0.2) is 0 Å². The summed E-state index contributed by atoms with van der Waals surface area (Å²) in [6, 6.07) is 9.23. The van der Waals surface area contributed by atoms with Crippen LogP contribution in [0.5, 0.6) is 0 Å². The first-order chi connectivity index (χ1) is 10.1. The minimum atomic E-state index is -0.381. The van der Waals surface area contributed by atoms with E-state index in [1.807, 2.05) is 13.0 Å². The molecule has 0 aliphatic heterocycles. The van der Waals surface area contributed by atoms with Crippen molar-refractivity contribution < 1.29 is 8.78 Å². The van der Waals surface area contributed by atoms with Gasteiger partial charge in [0.05, 0.1) is 16.7 Å². The molecule has 5 heteroatoms. The van der Waals surface area contributed by atoms with E-state index >= 15 is 0 Å². The first kappa shape index (κ1) is 14.0. The Balaban J connectivity index is 2.32. The molecule has 0 unspecified atom stereocenters. The summed E-state index contributed by atoms with van der Waals surface area (Å²) >= 11 is 5.80. The predicted octanol–water partition coefficient (Wildman–Crippen LogP) is 4.39. The molecule has 0 radical (unpaired) electrons. The molecule has 1 heterocycles. The van der Waals surface area contributed by atoms with Crippen molar-refractivity contribution in [1.82, 2.24) is 9.55 Å². The predicted molar refractivity (Wildman–Crippen MR) is 80.1 cm³/mol. The SMILES string of the molecule is Cc1ccc(-n2c(CCCl)nc3ccc(F)cc32)c(F)c1. The van der Waals surface area contributed by atoms with Crippen LogP contribution in [0.15, 0.2) is 36.4 Å². The summed E-state index contributed by atoms with van der Waals surface area (Å²) in [6.45, 7) is 1.82. The molecule has 3 rings (SSSR count). The lowest BCUT2D eigenvalue weighted by Gasteiger charge is -2.10. The van der Waals surface area contributed by atoms with Crippen molar-refractivity contribution in [3.63, 3.8) is 0 Å². The molecule has 2 nitrogen and oxygen atoms in total. The molecule has 0 saturated carbocycles. The maximum atomic E-state index is 14.3. The van der Waals surface area contributed by atoms with Crippen molar-refractivity contribution in [3.05, 3.63) is 59.4 Å². The Labute approximate surface area is 126 Å². The highest BCUT2D eigenvalue weighted by molar-refractivity contribution is 6.17. The number of fused-ring (bicyclic) bond motifs is 1. The van der Waals surface area contributed by atoms with E-state index in [0.717, 1.165) is 5.56 Å². The van der Waals surface area contributed by atoms with Crippen molar-refractivity contribution in [2.75, 3.05) is 5.88 Å². The van der Waals surface area contributed by atoms with Crippen LogP contribution in [0.25, 0.3) is 16.7 Å². The zero-order valence-electron chi connectivity index (χ0n) is 11.4. The fourth-order valence-corrected chi connectivity index (χ4v) is 2.58. The number of hydrogen-bond acceptors (Lipinski definition) is 1. The largest absolute Gasteiger partial charge is 0.293 e. The molecule has 0 spiro atoms. The second kappa shape index (κ2) is 5.45. The molecule has 0 fully saturated rings. The number of aryl methyl sites for hydroxylation is 2. The average Bonchev–Trinajstić information content (AvgIpc) is 2.77. The molecule has 2 aromatic carbocycles. The number of rotatable bonds is 3. The van der Waals surface area contributed by atoms with E-state index in [9.17, 15) is 8.78 Å². The molecule has 108 valence electrons. The molecule has 1 aromatic heterocycles. The van der Waals surface area contributed by atoms with Crippen LogP contribution in [0, 0.1) is 18.6 Å². The molecular weight excluding hydrogens is 294 g/mol. The third-order valence-corrected chi connectivity index (χ3v) is 3.54. The molecular formula is C16H13ClF2N2. The van der Waals surface area contributed by atoms with E-state index in [1.165, 1.54) is 18.2 Å². The molecule has 0 saturated heterocycles. The normalized spacial score (nSPS) is 11.2. The van der Waals surface area contributed by atoms with Crippen LogP contribution >= 0.6 is 11.6 Å². The summed E-state index contributed by atoms with van der Waals surface area (Å²) in [4.78, 5) is 4.43. The first-order valence-corrected chi connectivity index (χ1v) is 7.13. The van der Waals surface area contributed by atoms with Gasteiger partial charge in [0.2, 0.25) is 0 Å². The van der Waals surface area contributed by atoms with Crippen LogP contribution in [-0.4, -0.2) is 15.4 Å². The Morgan fingerprint density at radius 3 is 2.67 bits per heavy atom. The van der Waals surface area contributed by atoms with E-state index < -0.39 is 0 Å². The van der Waals surface area contributed by atoms with Crippen molar-refractivity contribution in [2.45, 2.75) is 13.3 Å². The van der Waals surface area contributed by atoms with Gasteiger partial charge in [-0.25, -0.2) is 13.8 Å². The minimum Gasteiger partial charge on any atom is -0.293 e. The molecule has 0 aliphatic carbocycles. The van der Waals surface area contributed by atoms with Gasteiger partial charge in [-0.1, -0.05) is 6.07 Å². The second-order valence-corrected chi connectivity index (χ2v) is 5.27. The highest BCUT2D eigenvalue weighted by Crippen LogP contribution is 2.25. The summed E-state index contributed by atoms with van der Waals surface area (Å²) < 4.78 is 29.5. The van der Waals surface area contributed by atoms with Gasteiger partial charge < -0.3 is 0 Å². The van der Waals surface area contributed by atoms with E-state index in [-0.39, 0.29) is 11.6 Å². The maximum absolute atomic E-state index is 14.3. The molecule has 3 aromatic rings. The van der Waals surface area contributed by atoms with E-state index in [0.29, 0.717) is 34.8 Å². The number of nitrogens with zero attached hydrogens (tertiary/aromatic N) is 2. The van der Waals surface area contributed by atoms with Crippen LogP contribution in [-0.2, 0) is 6.42 Å². The average molecular weight is 307 g/mol. The fraction of sp³-hybridized carbons (Fsp3) is 0.188. The number of benzene rings is 2. The summed E-state index contributed by atoms with van der Waals surface area (Å²) in [5, 5.41) is 0. The van der Waals surface area contributed by atoms with Crippen LogP contribution in [0.1, 0.15) is 11.4 Å². The maximum Gasteiger partial charge on any atom is 0.147 e. The van der Waals surface area contributed by atoms with Gasteiger partial charge in [-0.3, -0.25) is 4.57 Å². The molecule has 0 N–H and O–H groups in total. The summed E-state index contributed by atoms with van der Waals surface area (Å²) in [7, 11) is 0. The third kappa shape index (κ3) is 2.51. The standard InChI is InChI=1S/C16H13ClF2N2/c1-10-2-5-14(12(19)8-10)21-15-9-11(18)3-4-13(15)20-16(21)6-7-17/h2-5,8-9H,6-7H2,1H3. The Morgan fingerprint density at radius 1 is 1.14 bits per heavy atom. The van der Waals surface area contributed by atoms with Gasteiger partial charge in [-0.15, -0.1) is 11.6 Å². The van der Waals surface area contributed by atoms with E-state index in [4.69, 9.17) is 11.6 Å². The summed E-state index contributed by atoms with van der Waals surface area (Å²) in [5.74, 6) is 0.232. The van der Waals surface area contributed by atoms with Crippen molar-refractivity contribution >= 4 is 22.6 Å². The van der Waals surface area contributed by atoms with Gasteiger partial charge in [0.25, 0.3) is 0 Å². The van der Waals surface area contributed by atoms with Crippen LogP contribution in [0.2, 0.25) is 0 Å². The van der Waals surface area contributed by atoms with E-state index in [2.05, 4.69) is 4.98 Å². The lowest BCUT2D eigenvalue weighted by molar-refractivity contribution is 0.614. The Kier molecular flexibility index (Phi) is 3.64. The molecule has 0 aliphatic rings. The quantitative estimate of drug-likeness (QED) is 0.656. The van der Waals surface area contributed by atoms with Crippen LogP contribution < -0.4 is 0 Å². The van der Waals surface area contributed by atoms with Crippen molar-refractivity contribution in [1.29, 1.82) is 0 Å². The topological polar surface area (TPSA) is 17.8 Å². The Morgan fingerprint density at radius 2 is 1.95 bits per heavy atom. The van der Waals surface area contributed by atoms with Crippen LogP contribution in [0.3, 0.4) is 0 Å². The van der Waals surface area contributed by atoms with Gasteiger partial charge in [0, 0.05) is 18.4 Å². The van der Waals surface area contributed by atoms with Crippen molar-refractivity contribution in [3.8, 4) is 5.69 Å². The zero-order valence-corrected chi connectivity index (χ0v) is 12.2. The number of halogens is 3. The van der Waals surface area contributed by atoms with Crippen LogP contribution in [0.4, 0.5) is 8.78 Å². The first-order valence-electron chi connectivity index (χ1n) is 6.59. The Hall–Kier alpha value is -1.94. The molecule has 0 atom stereocenters. The van der Waals surface area contributed by atoms with Gasteiger partial charge in [-0.2, -0.15) is 0 Å². The second-order valence-electron chi connectivity index (χ2n) is 4.89.